The summed E-state index contributed by atoms with van der Waals surface area (Å²) in [5.41, 5.74) is -3.25. The molecule has 3 nitrogen and oxygen atoms in total. The number of aliphatic carboxylic acids is 1. The van der Waals surface area contributed by atoms with Gasteiger partial charge in [0.05, 0.1) is 11.0 Å². The summed E-state index contributed by atoms with van der Waals surface area (Å²) in [7, 11) is 0. The molecular formula is C18H21F3O3. The number of alkyl halides is 3. The maximum absolute atomic E-state index is 13.6. The molecule has 0 saturated heterocycles. The molecule has 0 bridgehead atoms. The van der Waals surface area contributed by atoms with E-state index in [0.717, 1.165) is 6.07 Å². The first-order valence-electron chi connectivity index (χ1n) is 7.88. The van der Waals surface area contributed by atoms with Crippen molar-refractivity contribution in [3.05, 3.63) is 34.4 Å². The Balaban J connectivity index is 2.82. The van der Waals surface area contributed by atoms with E-state index in [0.29, 0.717) is 19.1 Å². The summed E-state index contributed by atoms with van der Waals surface area (Å²) < 4.78 is 40.9. The van der Waals surface area contributed by atoms with Crippen LogP contribution in [0.1, 0.15) is 73.5 Å². The highest BCUT2D eigenvalue weighted by molar-refractivity contribution is 5.85. The minimum absolute atomic E-state index is 0.0786. The summed E-state index contributed by atoms with van der Waals surface area (Å²) in [5, 5.41) is 9.63. The van der Waals surface area contributed by atoms with Crippen LogP contribution in [0.4, 0.5) is 13.2 Å². The van der Waals surface area contributed by atoms with Gasteiger partial charge < -0.3 is 5.11 Å². The Bertz CT molecular complexity index is 663. The third kappa shape index (κ3) is 3.06. The van der Waals surface area contributed by atoms with Crippen molar-refractivity contribution < 1.29 is 27.9 Å². The second kappa shape index (κ2) is 5.90. The van der Waals surface area contributed by atoms with Crippen LogP contribution in [0.25, 0.3) is 0 Å². The number of aldehydes is 1. The molecular weight excluding hydrogens is 321 g/mol. The summed E-state index contributed by atoms with van der Waals surface area (Å²) in [6.45, 7) is 4.81. The molecule has 1 aromatic carbocycles. The van der Waals surface area contributed by atoms with E-state index in [-0.39, 0.29) is 29.5 Å². The first-order valence-corrected chi connectivity index (χ1v) is 7.88. The highest BCUT2D eigenvalue weighted by atomic mass is 19.4. The molecule has 132 valence electrons. The van der Waals surface area contributed by atoms with E-state index in [2.05, 4.69) is 0 Å². The summed E-state index contributed by atoms with van der Waals surface area (Å²) >= 11 is 0. The maximum Gasteiger partial charge on any atom is 0.416 e. The number of hydrogen-bond donors (Lipinski definition) is 1. The minimum Gasteiger partial charge on any atom is -0.481 e. The standard InChI is InChI=1S/C18H21F3O3/c1-16(2,3)14-11(10-22)8-12(9-13(14)18(19,20)21)17(15(23)24)6-4-5-7-17/h8-10H,4-7H2,1-3H3,(H,23,24). The second-order valence-corrected chi connectivity index (χ2v) is 7.45. The lowest BCUT2D eigenvalue weighted by molar-refractivity contribution is -0.144. The Kier molecular flexibility index (Phi) is 4.55. The van der Waals surface area contributed by atoms with Crippen LogP contribution in [0, 0.1) is 0 Å². The van der Waals surface area contributed by atoms with Crippen molar-refractivity contribution in [3.8, 4) is 0 Å². The van der Waals surface area contributed by atoms with E-state index in [1.165, 1.54) is 6.07 Å². The molecule has 1 N–H and O–H groups in total. The van der Waals surface area contributed by atoms with E-state index in [9.17, 15) is 27.9 Å². The van der Waals surface area contributed by atoms with Crippen LogP contribution in [0.2, 0.25) is 0 Å². The van der Waals surface area contributed by atoms with Gasteiger partial charge in [-0.05, 0) is 41.5 Å². The Morgan fingerprint density at radius 2 is 1.71 bits per heavy atom. The molecule has 1 aromatic rings. The van der Waals surface area contributed by atoms with Gasteiger partial charge >= 0.3 is 12.1 Å². The molecule has 0 aromatic heterocycles. The zero-order chi connectivity index (χ0) is 18.3. The predicted octanol–water partition coefficient (Wildman–Crippen LogP) is 4.71. The molecule has 1 aliphatic carbocycles. The van der Waals surface area contributed by atoms with E-state index >= 15 is 0 Å². The summed E-state index contributed by atoms with van der Waals surface area (Å²) in [6.07, 6.45) is -2.41. The molecule has 24 heavy (non-hydrogen) atoms. The average Bonchev–Trinajstić information content (AvgIpc) is 2.94. The molecule has 0 amide bonds. The van der Waals surface area contributed by atoms with Crippen LogP contribution in [0.5, 0.6) is 0 Å². The second-order valence-electron chi connectivity index (χ2n) is 7.45. The highest BCUT2D eigenvalue weighted by Crippen LogP contribution is 2.46. The van der Waals surface area contributed by atoms with Gasteiger partial charge in [-0.1, -0.05) is 33.6 Å². The molecule has 1 saturated carbocycles. The van der Waals surface area contributed by atoms with Gasteiger partial charge in [0.2, 0.25) is 0 Å². The molecule has 0 atom stereocenters. The zero-order valence-corrected chi connectivity index (χ0v) is 14.0. The lowest BCUT2D eigenvalue weighted by Gasteiger charge is -2.30. The fourth-order valence-electron chi connectivity index (χ4n) is 3.70. The third-order valence-electron chi connectivity index (χ3n) is 4.77. The first kappa shape index (κ1) is 18.5. The van der Waals surface area contributed by atoms with Gasteiger partial charge in [0, 0.05) is 5.56 Å². The molecule has 0 unspecified atom stereocenters. The normalized spacial score (nSPS) is 17.8. The Labute approximate surface area is 138 Å². The smallest absolute Gasteiger partial charge is 0.416 e. The van der Waals surface area contributed by atoms with Gasteiger partial charge in [0.25, 0.3) is 0 Å². The number of halogens is 3. The van der Waals surface area contributed by atoms with Crippen molar-refractivity contribution in [1.82, 2.24) is 0 Å². The van der Waals surface area contributed by atoms with E-state index < -0.39 is 28.5 Å². The van der Waals surface area contributed by atoms with Gasteiger partial charge in [-0.2, -0.15) is 13.2 Å². The van der Waals surface area contributed by atoms with Crippen LogP contribution in [-0.2, 0) is 21.8 Å². The average molecular weight is 342 g/mol. The maximum atomic E-state index is 13.6. The quantitative estimate of drug-likeness (QED) is 0.809. The fourth-order valence-corrected chi connectivity index (χ4v) is 3.70. The van der Waals surface area contributed by atoms with Crippen molar-refractivity contribution in [2.24, 2.45) is 0 Å². The van der Waals surface area contributed by atoms with Gasteiger partial charge in [-0.25, -0.2) is 0 Å². The largest absolute Gasteiger partial charge is 0.481 e. The number of benzene rings is 1. The number of carboxylic acids is 1. The van der Waals surface area contributed by atoms with Crippen LogP contribution in [0.3, 0.4) is 0 Å². The highest BCUT2D eigenvalue weighted by Gasteiger charge is 2.46. The predicted molar refractivity (Wildman–Crippen MR) is 83.3 cm³/mol. The third-order valence-corrected chi connectivity index (χ3v) is 4.77. The zero-order valence-electron chi connectivity index (χ0n) is 14.0. The SMILES string of the molecule is CC(C)(C)c1c(C=O)cc(C2(C(=O)O)CCCC2)cc1C(F)(F)F. The number of carbonyl (C=O) groups is 2. The van der Waals surface area contributed by atoms with Crippen LogP contribution >= 0.6 is 0 Å². The van der Waals surface area contributed by atoms with E-state index in [1.54, 1.807) is 20.8 Å². The van der Waals surface area contributed by atoms with E-state index in [4.69, 9.17) is 0 Å². The molecule has 2 rings (SSSR count). The van der Waals surface area contributed by atoms with Crippen LogP contribution in [0.15, 0.2) is 12.1 Å². The van der Waals surface area contributed by atoms with Crippen molar-refractivity contribution >= 4 is 12.3 Å². The minimum atomic E-state index is -4.66. The van der Waals surface area contributed by atoms with Crippen molar-refractivity contribution in [3.63, 3.8) is 0 Å². The molecule has 0 aliphatic heterocycles. The number of carbonyl (C=O) groups excluding carboxylic acids is 1. The van der Waals surface area contributed by atoms with Crippen molar-refractivity contribution in [2.45, 2.75) is 63.5 Å². The molecule has 1 aliphatic rings. The van der Waals surface area contributed by atoms with Gasteiger partial charge in [-0.15, -0.1) is 0 Å². The lowest BCUT2D eigenvalue weighted by atomic mass is 9.73. The molecule has 0 heterocycles. The first-order chi connectivity index (χ1) is 10.9. The van der Waals surface area contributed by atoms with Crippen molar-refractivity contribution in [1.29, 1.82) is 0 Å². The van der Waals surface area contributed by atoms with Gasteiger partial charge in [0.1, 0.15) is 6.29 Å². The van der Waals surface area contributed by atoms with Crippen LogP contribution in [-0.4, -0.2) is 17.4 Å². The molecule has 1 fully saturated rings. The number of rotatable bonds is 3. The Hall–Kier alpha value is -1.85. The monoisotopic (exact) mass is 342 g/mol. The van der Waals surface area contributed by atoms with Gasteiger partial charge in [0.15, 0.2) is 0 Å². The van der Waals surface area contributed by atoms with Gasteiger partial charge in [-0.3, -0.25) is 9.59 Å². The fraction of sp³-hybridized carbons (Fsp3) is 0.556. The van der Waals surface area contributed by atoms with Crippen molar-refractivity contribution in [2.75, 3.05) is 0 Å². The van der Waals surface area contributed by atoms with E-state index in [1.807, 2.05) is 0 Å². The summed E-state index contributed by atoms with van der Waals surface area (Å²) in [5.74, 6) is -1.13. The molecule has 6 heteroatoms. The summed E-state index contributed by atoms with van der Waals surface area (Å²) in [6, 6.07) is 2.27. The number of hydrogen-bond acceptors (Lipinski definition) is 2. The molecule has 0 spiro atoms. The Morgan fingerprint density at radius 1 is 1.17 bits per heavy atom. The molecule has 0 radical (unpaired) electrons. The summed E-state index contributed by atoms with van der Waals surface area (Å²) in [4.78, 5) is 23.3. The topological polar surface area (TPSA) is 54.4 Å². The number of carboxylic acid groups (broad SMARTS) is 1. The lowest BCUT2D eigenvalue weighted by Crippen LogP contribution is -2.34. The Morgan fingerprint density at radius 3 is 2.08 bits per heavy atom. The van der Waals surface area contributed by atoms with Crippen LogP contribution < -0.4 is 0 Å².